The molecule has 0 radical (unpaired) electrons. The first-order valence-electron chi connectivity index (χ1n) is 7.07. The molecule has 4 aromatic rings. The number of nitrogens with zero attached hydrogens (tertiary/aromatic N) is 4. The summed E-state index contributed by atoms with van der Waals surface area (Å²) in [7, 11) is 0. The third-order valence-electron chi connectivity index (χ3n) is 3.61. The van der Waals surface area contributed by atoms with Crippen molar-refractivity contribution in [3.63, 3.8) is 0 Å². The molecule has 0 amide bonds. The van der Waals surface area contributed by atoms with Crippen LogP contribution in [0, 0.1) is 6.92 Å². The molecule has 5 heteroatoms. The SMILES string of the molecule is Cc1ccnc2c(OCc3cn4cccnc4n3)cccc12. The molecule has 108 valence electrons. The van der Waals surface area contributed by atoms with E-state index in [1.165, 1.54) is 5.56 Å². The summed E-state index contributed by atoms with van der Waals surface area (Å²) in [5.41, 5.74) is 2.90. The summed E-state index contributed by atoms with van der Waals surface area (Å²) in [4.78, 5) is 13.1. The first kappa shape index (κ1) is 12.8. The number of fused-ring (bicyclic) bond motifs is 2. The Hall–Kier alpha value is -2.95. The Kier molecular flexibility index (Phi) is 2.96. The highest BCUT2D eigenvalue weighted by molar-refractivity contribution is 5.86. The molecule has 0 fully saturated rings. The van der Waals surface area contributed by atoms with Gasteiger partial charge < -0.3 is 4.74 Å². The van der Waals surface area contributed by atoms with Gasteiger partial charge in [0.2, 0.25) is 5.78 Å². The van der Waals surface area contributed by atoms with Crippen molar-refractivity contribution in [3.8, 4) is 5.75 Å². The molecule has 0 saturated heterocycles. The van der Waals surface area contributed by atoms with Crippen LogP contribution in [0.3, 0.4) is 0 Å². The molecule has 22 heavy (non-hydrogen) atoms. The van der Waals surface area contributed by atoms with Crippen molar-refractivity contribution in [1.29, 1.82) is 0 Å². The second kappa shape index (κ2) is 5.11. The summed E-state index contributed by atoms with van der Waals surface area (Å²) in [5, 5.41) is 1.11. The molecule has 0 saturated carbocycles. The fourth-order valence-electron chi connectivity index (χ4n) is 2.50. The number of hydrogen-bond donors (Lipinski definition) is 0. The van der Waals surface area contributed by atoms with Gasteiger partial charge in [0, 0.05) is 30.2 Å². The van der Waals surface area contributed by atoms with Gasteiger partial charge in [0.05, 0.1) is 5.69 Å². The average molecular weight is 290 g/mol. The number of imidazole rings is 1. The fraction of sp³-hybridized carbons (Fsp3) is 0.118. The van der Waals surface area contributed by atoms with Gasteiger partial charge in [0.25, 0.3) is 0 Å². The van der Waals surface area contributed by atoms with E-state index in [-0.39, 0.29) is 0 Å². The van der Waals surface area contributed by atoms with E-state index in [4.69, 9.17) is 4.74 Å². The maximum Gasteiger partial charge on any atom is 0.234 e. The molecule has 0 atom stereocenters. The molecule has 0 spiro atoms. The number of hydrogen-bond acceptors (Lipinski definition) is 4. The molecular weight excluding hydrogens is 276 g/mol. The second-order valence-electron chi connectivity index (χ2n) is 5.13. The zero-order valence-corrected chi connectivity index (χ0v) is 12.1. The van der Waals surface area contributed by atoms with Gasteiger partial charge in [-0.15, -0.1) is 0 Å². The van der Waals surface area contributed by atoms with Gasteiger partial charge in [-0.2, -0.15) is 0 Å². The van der Waals surface area contributed by atoms with E-state index in [9.17, 15) is 0 Å². The summed E-state index contributed by atoms with van der Waals surface area (Å²) in [5.74, 6) is 1.44. The quantitative estimate of drug-likeness (QED) is 0.581. The second-order valence-corrected chi connectivity index (χ2v) is 5.13. The minimum absolute atomic E-state index is 0.387. The van der Waals surface area contributed by atoms with Gasteiger partial charge in [0.1, 0.15) is 17.9 Å². The van der Waals surface area contributed by atoms with Crippen LogP contribution >= 0.6 is 0 Å². The van der Waals surface area contributed by atoms with Crippen LogP contribution in [-0.4, -0.2) is 19.4 Å². The van der Waals surface area contributed by atoms with Crippen LogP contribution < -0.4 is 4.74 Å². The third-order valence-corrected chi connectivity index (χ3v) is 3.61. The van der Waals surface area contributed by atoms with Crippen molar-refractivity contribution >= 4 is 16.7 Å². The Morgan fingerprint density at radius 3 is 2.95 bits per heavy atom. The van der Waals surface area contributed by atoms with Gasteiger partial charge in [-0.25, -0.2) is 9.97 Å². The largest absolute Gasteiger partial charge is 0.485 e. The Bertz CT molecular complexity index is 928. The Balaban J connectivity index is 1.65. The molecule has 0 aliphatic carbocycles. The Morgan fingerprint density at radius 1 is 1.09 bits per heavy atom. The molecule has 0 aliphatic rings. The summed E-state index contributed by atoms with van der Waals surface area (Å²) >= 11 is 0. The molecule has 0 unspecified atom stereocenters. The highest BCUT2D eigenvalue weighted by Gasteiger charge is 2.07. The topological polar surface area (TPSA) is 52.3 Å². The minimum Gasteiger partial charge on any atom is -0.485 e. The van der Waals surface area contributed by atoms with Crippen molar-refractivity contribution in [2.75, 3.05) is 0 Å². The van der Waals surface area contributed by atoms with E-state index in [0.717, 1.165) is 22.3 Å². The van der Waals surface area contributed by atoms with Crippen molar-refractivity contribution < 1.29 is 4.74 Å². The normalized spacial score (nSPS) is 11.1. The Morgan fingerprint density at radius 2 is 2.05 bits per heavy atom. The molecule has 3 heterocycles. The number of pyridine rings is 1. The van der Waals surface area contributed by atoms with Crippen LogP contribution in [0.2, 0.25) is 0 Å². The summed E-state index contributed by atoms with van der Waals surface area (Å²) < 4.78 is 7.80. The van der Waals surface area contributed by atoms with Crippen molar-refractivity contribution in [1.82, 2.24) is 19.4 Å². The number of benzene rings is 1. The lowest BCUT2D eigenvalue weighted by Gasteiger charge is -2.08. The fourth-order valence-corrected chi connectivity index (χ4v) is 2.50. The first-order valence-corrected chi connectivity index (χ1v) is 7.07. The molecule has 0 bridgehead atoms. The van der Waals surface area contributed by atoms with Crippen LogP contribution in [0.25, 0.3) is 16.7 Å². The lowest BCUT2D eigenvalue weighted by atomic mass is 10.1. The Labute approximate surface area is 127 Å². The zero-order valence-electron chi connectivity index (χ0n) is 12.1. The van der Waals surface area contributed by atoms with Crippen LogP contribution in [0.4, 0.5) is 0 Å². The lowest BCUT2D eigenvalue weighted by Crippen LogP contribution is -1.97. The maximum absolute atomic E-state index is 5.92. The molecule has 4 rings (SSSR count). The monoisotopic (exact) mass is 290 g/mol. The van der Waals surface area contributed by atoms with Crippen LogP contribution in [0.1, 0.15) is 11.3 Å². The molecule has 1 aromatic carbocycles. The maximum atomic E-state index is 5.92. The van der Waals surface area contributed by atoms with Crippen molar-refractivity contribution in [2.24, 2.45) is 0 Å². The number of aryl methyl sites for hydroxylation is 1. The van der Waals surface area contributed by atoms with Crippen LogP contribution in [-0.2, 0) is 6.61 Å². The molecular formula is C17H14N4O. The summed E-state index contributed by atoms with van der Waals surface area (Å²) in [6.45, 7) is 2.46. The average Bonchev–Trinajstić information content (AvgIpc) is 2.96. The van der Waals surface area contributed by atoms with Gasteiger partial charge in [-0.05, 0) is 30.7 Å². The molecule has 0 aliphatic heterocycles. The van der Waals surface area contributed by atoms with Gasteiger partial charge in [0.15, 0.2) is 0 Å². The van der Waals surface area contributed by atoms with Gasteiger partial charge in [-0.3, -0.25) is 9.38 Å². The van der Waals surface area contributed by atoms with Crippen LogP contribution in [0.5, 0.6) is 5.75 Å². The summed E-state index contributed by atoms with van der Waals surface area (Å²) in [6, 6.07) is 9.84. The highest BCUT2D eigenvalue weighted by atomic mass is 16.5. The third kappa shape index (κ3) is 2.16. The van der Waals surface area contributed by atoms with E-state index >= 15 is 0 Å². The van der Waals surface area contributed by atoms with E-state index in [1.807, 2.05) is 41.1 Å². The summed E-state index contributed by atoms with van der Waals surface area (Å²) in [6.07, 6.45) is 7.37. The first-order chi connectivity index (χ1) is 10.8. The van der Waals surface area contributed by atoms with E-state index < -0.39 is 0 Å². The number of para-hydroxylation sites is 1. The predicted molar refractivity (Wildman–Crippen MR) is 83.8 cm³/mol. The van der Waals surface area contributed by atoms with Gasteiger partial charge >= 0.3 is 0 Å². The van der Waals surface area contributed by atoms with E-state index in [0.29, 0.717) is 12.4 Å². The lowest BCUT2D eigenvalue weighted by molar-refractivity contribution is 0.305. The number of rotatable bonds is 3. The van der Waals surface area contributed by atoms with Crippen molar-refractivity contribution in [2.45, 2.75) is 13.5 Å². The van der Waals surface area contributed by atoms with Crippen LogP contribution in [0.15, 0.2) is 55.1 Å². The zero-order chi connectivity index (χ0) is 14.9. The minimum atomic E-state index is 0.387. The van der Waals surface area contributed by atoms with Gasteiger partial charge in [-0.1, -0.05) is 12.1 Å². The standard InChI is InChI=1S/C17H14N4O/c1-12-6-8-18-16-14(12)4-2-5-15(16)22-11-13-10-21-9-3-7-19-17(21)20-13/h2-10H,11H2,1H3. The molecule has 0 N–H and O–H groups in total. The number of aromatic nitrogens is 4. The molecule has 3 aromatic heterocycles. The number of ether oxygens (including phenoxy) is 1. The molecule has 5 nitrogen and oxygen atoms in total. The van der Waals surface area contributed by atoms with E-state index in [2.05, 4.69) is 27.9 Å². The van der Waals surface area contributed by atoms with E-state index in [1.54, 1.807) is 12.4 Å². The highest BCUT2D eigenvalue weighted by Crippen LogP contribution is 2.26. The van der Waals surface area contributed by atoms with Crippen molar-refractivity contribution in [3.05, 3.63) is 66.4 Å². The predicted octanol–water partition coefficient (Wildman–Crippen LogP) is 3.16. The smallest absolute Gasteiger partial charge is 0.234 e.